The normalized spacial score (nSPS) is 12.0. The first-order chi connectivity index (χ1) is 13.6. The van der Waals surface area contributed by atoms with Crippen LogP contribution in [0, 0.1) is 5.82 Å². The Bertz CT molecular complexity index is 1180. The summed E-state index contributed by atoms with van der Waals surface area (Å²) in [5.74, 6) is -1.03. The summed E-state index contributed by atoms with van der Waals surface area (Å²) < 4.78 is 85.3. The highest BCUT2D eigenvalue weighted by Gasteiger charge is 2.33. The molecule has 1 heterocycles. The van der Waals surface area contributed by atoms with Gasteiger partial charge in [0, 0.05) is 11.8 Å². The lowest BCUT2D eigenvalue weighted by Gasteiger charge is -2.14. The monoisotopic (exact) mass is 427 g/mol. The lowest BCUT2D eigenvalue weighted by molar-refractivity contribution is -0.137. The van der Waals surface area contributed by atoms with E-state index < -0.39 is 32.5 Å². The molecule has 152 valence electrons. The Kier molecular flexibility index (Phi) is 5.22. The summed E-state index contributed by atoms with van der Waals surface area (Å²) in [7, 11) is -3.47. The first-order valence-corrected chi connectivity index (χ1v) is 9.47. The second kappa shape index (κ2) is 7.36. The van der Waals surface area contributed by atoms with Gasteiger partial charge in [-0.1, -0.05) is 18.2 Å². The number of hydrogen-bond acceptors (Lipinski definition) is 4. The van der Waals surface area contributed by atoms with E-state index in [2.05, 4.69) is 0 Å². The summed E-state index contributed by atoms with van der Waals surface area (Å²) in [6.45, 7) is 0. The van der Waals surface area contributed by atoms with Gasteiger partial charge < -0.3 is 4.74 Å². The van der Waals surface area contributed by atoms with Crippen molar-refractivity contribution in [1.82, 2.24) is 3.97 Å². The van der Waals surface area contributed by atoms with Gasteiger partial charge in [0.1, 0.15) is 11.5 Å². The predicted molar refractivity (Wildman–Crippen MR) is 95.8 cm³/mol. The first kappa shape index (κ1) is 20.6. The van der Waals surface area contributed by atoms with E-state index in [4.69, 9.17) is 4.74 Å². The molecule has 0 aliphatic rings. The zero-order valence-electron chi connectivity index (χ0n) is 14.8. The van der Waals surface area contributed by atoms with Crippen molar-refractivity contribution in [3.05, 3.63) is 71.7 Å². The Morgan fingerprint density at radius 2 is 1.76 bits per heavy atom. The van der Waals surface area contributed by atoms with E-state index in [9.17, 15) is 30.8 Å². The summed E-state index contributed by atoms with van der Waals surface area (Å²) in [6, 6.07) is 8.26. The van der Waals surface area contributed by atoms with Gasteiger partial charge in [0.15, 0.2) is 12.0 Å². The van der Waals surface area contributed by atoms with Crippen molar-refractivity contribution in [2.45, 2.75) is 11.1 Å². The fourth-order valence-corrected chi connectivity index (χ4v) is 4.24. The molecule has 0 bridgehead atoms. The smallest absolute Gasteiger partial charge is 0.416 e. The molecule has 0 saturated heterocycles. The fourth-order valence-electron chi connectivity index (χ4n) is 2.82. The molecule has 10 heteroatoms. The van der Waals surface area contributed by atoms with Gasteiger partial charge in [-0.3, -0.25) is 4.79 Å². The predicted octanol–water partition coefficient (Wildman–Crippen LogP) is 4.37. The number of carbonyl (C=O) groups is 1. The van der Waals surface area contributed by atoms with E-state index in [1.807, 2.05) is 0 Å². The summed E-state index contributed by atoms with van der Waals surface area (Å²) in [5.41, 5.74) is -1.89. The van der Waals surface area contributed by atoms with Gasteiger partial charge in [-0.05, 0) is 30.3 Å². The highest BCUT2D eigenvalue weighted by Crippen LogP contribution is 2.38. The molecule has 0 aliphatic heterocycles. The van der Waals surface area contributed by atoms with Crippen LogP contribution in [0.25, 0.3) is 11.3 Å². The van der Waals surface area contributed by atoms with Crippen LogP contribution in [-0.4, -0.2) is 25.8 Å². The van der Waals surface area contributed by atoms with Crippen molar-refractivity contribution in [2.24, 2.45) is 0 Å². The SMILES string of the molecule is COc1c(C=O)cn(S(=O)(=O)c2cccc(C(F)(F)F)c2)c1-c1ccccc1F. The average Bonchev–Trinajstić information content (AvgIpc) is 3.07. The summed E-state index contributed by atoms with van der Waals surface area (Å²) in [5, 5.41) is 0. The third-order valence-electron chi connectivity index (χ3n) is 4.13. The van der Waals surface area contributed by atoms with Crippen molar-refractivity contribution in [3.8, 4) is 17.0 Å². The Labute approximate surface area is 163 Å². The van der Waals surface area contributed by atoms with E-state index in [0.29, 0.717) is 16.3 Å². The third-order valence-corrected chi connectivity index (χ3v) is 5.79. The Balaban J connectivity index is 2.33. The maximum Gasteiger partial charge on any atom is 0.416 e. The zero-order valence-corrected chi connectivity index (χ0v) is 15.6. The van der Waals surface area contributed by atoms with Crippen molar-refractivity contribution in [1.29, 1.82) is 0 Å². The Morgan fingerprint density at radius 3 is 2.34 bits per heavy atom. The molecule has 2 aromatic carbocycles. The molecule has 29 heavy (non-hydrogen) atoms. The van der Waals surface area contributed by atoms with Gasteiger partial charge in [0.2, 0.25) is 0 Å². The van der Waals surface area contributed by atoms with Gasteiger partial charge in [-0.25, -0.2) is 16.8 Å². The van der Waals surface area contributed by atoms with Crippen LogP contribution in [0.1, 0.15) is 15.9 Å². The second-order valence-electron chi connectivity index (χ2n) is 5.89. The molecule has 0 spiro atoms. The van der Waals surface area contributed by atoms with Gasteiger partial charge in [0.25, 0.3) is 10.0 Å². The molecule has 0 saturated carbocycles. The maximum atomic E-state index is 14.4. The summed E-state index contributed by atoms with van der Waals surface area (Å²) in [4.78, 5) is 10.7. The van der Waals surface area contributed by atoms with Crippen LogP contribution in [-0.2, 0) is 16.2 Å². The average molecular weight is 427 g/mol. The van der Waals surface area contributed by atoms with E-state index >= 15 is 0 Å². The number of alkyl halides is 3. The van der Waals surface area contributed by atoms with Gasteiger partial charge in [0.05, 0.1) is 23.1 Å². The zero-order chi connectivity index (χ0) is 21.4. The molecule has 0 fully saturated rings. The Hall–Kier alpha value is -3.14. The molecule has 0 unspecified atom stereocenters. The minimum Gasteiger partial charge on any atom is -0.494 e. The van der Waals surface area contributed by atoms with Gasteiger partial charge in [-0.15, -0.1) is 0 Å². The topological polar surface area (TPSA) is 65.4 Å². The van der Waals surface area contributed by atoms with Crippen LogP contribution in [0.4, 0.5) is 17.6 Å². The molecule has 0 atom stereocenters. The van der Waals surface area contributed by atoms with E-state index in [-0.39, 0.29) is 22.6 Å². The fraction of sp³-hybridized carbons (Fsp3) is 0.105. The second-order valence-corrected chi connectivity index (χ2v) is 7.71. The molecular formula is C19H13F4NO4S. The molecular weight excluding hydrogens is 414 g/mol. The van der Waals surface area contributed by atoms with Crippen molar-refractivity contribution >= 4 is 16.3 Å². The van der Waals surface area contributed by atoms with Gasteiger partial charge >= 0.3 is 6.18 Å². The van der Waals surface area contributed by atoms with E-state index in [1.54, 1.807) is 0 Å². The number of aldehydes is 1. The molecule has 0 amide bonds. The first-order valence-electron chi connectivity index (χ1n) is 8.03. The molecule has 0 radical (unpaired) electrons. The molecule has 0 aliphatic carbocycles. The minimum absolute atomic E-state index is 0.201. The molecule has 1 aromatic heterocycles. The molecule has 5 nitrogen and oxygen atoms in total. The number of nitrogens with zero attached hydrogens (tertiary/aromatic N) is 1. The molecule has 0 N–H and O–H groups in total. The number of methoxy groups -OCH3 is 1. The molecule has 3 aromatic rings. The van der Waals surface area contributed by atoms with Gasteiger partial charge in [-0.2, -0.15) is 13.2 Å². The third kappa shape index (κ3) is 3.63. The van der Waals surface area contributed by atoms with E-state index in [0.717, 1.165) is 37.6 Å². The maximum absolute atomic E-state index is 14.4. The number of benzene rings is 2. The van der Waals surface area contributed by atoms with Crippen LogP contribution >= 0.6 is 0 Å². The lowest BCUT2D eigenvalue weighted by Crippen LogP contribution is -2.15. The molecule has 3 rings (SSSR count). The minimum atomic E-state index is -4.76. The number of hydrogen-bond donors (Lipinski definition) is 0. The Morgan fingerprint density at radius 1 is 1.07 bits per heavy atom. The van der Waals surface area contributed by atoms with Crippen LogP contribution < -0.4 is 4.74 Å². The summed E-state index contributed by atoms with van der Waals surface area (Å²) in [6.07, 6.45) is -3.58. The highest BCUT2D eigenvalue weighted by molar-refractivity contribution is 7.90. The number of carbonyl (C=O) groups excluding carboxylic acids is 1. The largest absolute Gasteiger partial charge is 0.494 e. The van der Waals surface area contributed by atoms with E-state index in [1.165, 1.54) is 18.2 Å². The number of rotatable bonds is 5. The van der Waals surface area contributed by atoms with Crippen molar-refractivity contribution < 1.29 is 35.5 Å². The highest BCUT2D eigenvalue weighted by atomic mass is 32.2. The number of ether oxygens (including phenoxy) is 1. The number of aromatic nitrogens is 1. The van der Waals surface area contributed by atoms with Crippen LogP contribution in [0.3, 0.4) is 0 Å². The number of halogens is 4. The lowest BCUT2D eigenvalue weighted by atomic mass is 10.1. The summed E-state index contributed by atoms with van der Waals surface area (Å²) >= 11 is 0. The van der Waals surface area contributed by atoms with Crippen molar-refractivity contribution in [3.63, 3.8) is 0 Å². The van der Waals surface area contributed by atoms with Crippen LogP contribution in [0.15, 0.2) is 59.6 Å². The quantitative estimate of drug-likeness (QED) is 0.448. The van der Waals surface area contributed by atoms with Crippen LogP contribution in [0.5, 0.6) is 5.75 Å². The van der Waals surface area contributed by atoms with Crippen molar-refractivity contribution in [2.75, 3.05) is 7.11 Å². The van der Waals surface area contributed by atoms with Crippen LogP contribution in [0.2, 0.25) is 0 Å². The standard InChI is InChI=1S/C19H13F4NO4S/c1-28-18-12(11-25)10-24(17(18)15-7-2-3-8-16(15)20)29(26,27)14-6-4-5-13(9-14)19(21,22)23/h2-11H,1H3.